The molecule has 0 radical (unpaired) electrons. The topological polar surface area (TPSA) is 78.4 Å². The van der Waals surface area contributed by atoms with Gasteiger partial charge in [-0.05, 0) is 31.1 Å². The average Bonchev–Trinajstić information content (AvgIpc) is 2.26. The summed E-state index contributed by atoms with van der Waals surface area (Å²) < 4.78 is 0. The fourth-order valence-corrected chi connectivity index (χ4v) is 2.75. The first kappa shape index (κ1) is 15.8. The Hall–Kier alpha value is -1.26. The second kappa shape index (κ2) is 6.78. The molecule has 1 aliphatic carbocycles. The van der Waals surface area contributed by atoms with Crippen molar-refractivity contribution in [2.75, 3.05) is 0 Å². The number of aliphatic carboxylic acids is 1. The molecule has 0 aliphatic heterocycles. The molecule has 1 fully saturated rings. The number of hydrogen-bond acceptors (Lipinski definition) is 2. The number of carbonyl (C=O) groups is 2. The molecule has 1 rings (SSSR count). The molecule has 5 nitrogen and oxygen atoms in total. The fraction of sp³-hybridized carbons (Fsp3) is 0.857. The molecule has 0 aromatic carbocycles. The Bertz CT molecular complexity index is 329. The van der Waals surface area contributed by atoms with Gasteiger partial charge >= 0.3 is 12.0 Å². The summed E-state index contributed by atoms with van der Waals surface area (Å²) in [5.41, 5.74) is 0.256. The molecule has 0 aromatic rings. The maximum absolute atomic E-state index is 11.8. The van der Waals surface area contributed by atoms with Gasteiger partial charge in [0.1, 0.15) is 6.04 Å². The van der Waals surface area contributed by atoms with Crippen molar-refractivity contribution in [3.05, 3.63) is 0 Å². The predicted molar refractivity (Wildman–Crippen MR) is 74.0 cm³/mol. The summed E-state index contributed by atoms with van der Waals surface area (Å²) in [6.07, 6.45) is 5.40. The van der Waals surface area contributed by atoms with Gasteiger partial charge in [0.15, 0.2) is 0 Å². The summed E-state index contributed by atoms with van der Waals surface area (Å²) in [5.74, 6) is -0.971. The molecule has 2 atom stereocenters. The van der Waals surface area contributed by atoms with Crippen LogP contribution in [0.3, 0.4) is 0 Å². The first-order valence-electron chi connectivity index (χ1n) is 7.14. The zero-order chi connectivity index (χ0) is 14.5. The van der Waals surface area contributed by atoms with Crippen molar-refractivity contribution in [2.24, 2.45) is 5.41 Å². The highest BCUT2D eigenvalue weighted by Crippen LogP contribution is 2.34. The second-order valence-electron chi connectivity index (χ2n) is 6.25. The van der Waals surface area contributed by atoms with Crippen LogP contribution in [0.15, 0.2) is 0 Å². The van der Waals surface area contributed by atoms with Crippen LogP contribution in [0.5, 0.6) is 0 Å². The lowest BCUT2D eigenvalue weighted by molar-refractivity contribution is -0.139. The highest BCUT2D eigenvalue weighted by atomic mass is 16.4. The van der Waals surface area contributed by atoms with Gasteiger partial charge in [0.05, 0.1) is 0 Å². The summed E-state index contributed by atoms with van der Waals surface area (Å²) >= 11 is 0. The van der Waals surface area contributed by atoms with E-state index in [1.165, 1.54) is 6.42 Å². The molecule has 0 bridgehead atoms. The first-order valence-corrected chi connectivity index (χ1v) is 7.14. The van der Waals surface area contributed by atoms with Crippen molar-refractivity contribution < 1.29 is 14.7 Å². The molecule has 5 heteroatoms. The van der Waals surface area contributed by atoms with Crippen molar-refractivity contribution >= 4 is 12.0 Å². The minimum absolute atomic E-state index is 0.153. The Morgan fingerprint density at radius 2 is 2.11 bits per heavy atom. The molecular weight excluding hydrogens is 244 g/mol. The standard InChI is InChI=1S/C14H26N2O3/c1-4-6-11(12(17)18)16-13(19)15-10-7-5-8-14(2,3)9-10/h10-11H,4-9H2,1-3H3,(H,17,18)(H2,15,16,19)/t10?,11-/m1/s1. The lowest BCUT2D eigenvalue weighted by Crippen LogP contribution is -2.50. The molecule has 0 heterocycles. The van der Waals surface area contributed by atoms with E-state index in [4.69, 9.17) is 5.11 Å². The second-order valence-corrected chi connectivity index (χ2v) is 6.25. The highest BCUT2D eigenvalue weighted by Gasteiger charge is 2.29. The number of rotatable bonds is 5. The predicted octanol–water partition coefficient (Wildman–Crippen LogP) is 2.51. The lowest BCUT2D eigenvalue weighted by Gasteiger charge is -2.35. The van der Waals surface area contributed by atoms with E-state index in [1.807, 2.05) is 6.92 Å². The third kappa shape index (κ3) is 5.49. The van der Waals surface area contributed by atoms with E-state index in [9.17, 15) is 9.59 Å². The number of carboxylic acids is 1. The number of amides is 2. The van der Waals surface area contributed by atoms with Gasteiger partial charge in [0.2, 0.25) is 0 Å². The van der Waals surface area contributed by atoms with Crippen LogP contribution in [0.4, 0.5) is 4.79 Å². The Kier molecular flexibility index (Phi) is 5.63. The minimum Gasteiger partial charge on any atom is -0.480 e. The Labute approximate surface area is 115 Å². The molecule has 1 aliphatic rings. The zero-order valence-corrected chi connectivity index (χ0v) is 12.2. The monoisotopic (exact) mass is 270 g/mol. The SMILES string of the molecule is CCC[C@@H](NC(=O)NC1CCCC(C)(C)C1)C(=O)O. The van der Waals surface area contributed by atoms with Crippen LogP contribution >= 0.6 is 0 Å². The van der Waals surface area contributed by atoms with Crippen LogP contribution in [0.2, 0.25) is 0 Å². The number of hydrogen-bond donors (Lipinski definition) is 3. The molecule has 19 heavy (non-hydrogen) atoms. The number of carboxylic acid groups (broad SMARTS) is 1. The molecule has 2 amide bonds. The van der Waals surface area contributed by atoms with E-state index in [1.54, 1.807) is 0 Å². The molecule has 0 saturated heterocycles. The van der Waals surface area contributed by atoms with E-state index in [2.05, 4.69) is 24.5 Å². The number of carbonyl (C=O) groups excluding carboxylic acids is 1. The van der Waals surface area contributed by atoms with E-state index in [0.717, 1.165) is 25.7 Å². The summed E-state index contributed by atoms with van der Waals surface area (Å²) in [7, 11) is 0. The van der Waals surface area contributed by atoms with Gasteiger partial charge in [-0.2, -0.15) is 0 Å². The number of nitrogens with one attached hydrogen (secondary N) is 2. The summed E-state index contributed by atoms with van der Waals surface area (Å²) in [6.45, 7) is 6.31. The summed E-state index contributed by atoms with van der Waals surface area (Å²) in [5, 5.41) is 14.4. The van der Waals surface area contributed by atoms with Gasteiger partial charge in [-0.15, -0.1) is 0 Å². The molecule has 3 N–H and O–H groups in total. The summed E-state index contributed by atoms with van der Waals surface area (Å²) in [4.78, 5) is 22.8. The highest BCUT2D eigenvalue weighted by molar-refractivity contribution is 5.82. The van der Waals surface area contributed by atoms with Gasteiger partial charge in [-0.1, -0.05) is 33.6 Å². The Balaban J connectivity index is 2.43. The van der Waals surface area contributed by atoms with E-state index >= 15 is 0 Å². The molecular formula is C14H26N2O3. The van der Waals surface area contributed by atoms with Gasteiger partial charge in [-0.25, -0.2) is 9.59 Å². The van der Waals surface area contributed by atoms with Crippen LogP contribution in [-0.2, 0) is 4.79 Å². The lowest BCUT2D eigenvalue weighted by atomic mass is 9.75. The van der Waals surface area contributed by atoms with Gasteiger partial charge in [0, 0.05) is 6.04 Å². The van der Waals surface area contributed by atoms with Gasteiger partial charge in [-0.3, -0.25) is 0 Å². The van der Waals surface area contributed by atoms with Crippen molar-refractivity contribution in [3.8, 4) is 0 Å². The maximum Gasteiger partial charge on any atom is 0.326 e. The Morgan fingerprint density at radius 3 is 2.63 bits per heavy atom. The van der Waals surface area contributed by atoms with Crippen LogP contribution in [0, 0.1) is 5.41 Å². The first-order chi connectivity index (χ1) is 8.84. The van der Waals surface area contributed by atoms with Crippen LogP contribution in [0.1, 0.15) is 59.3 Å². The normalized spacial score (nSPS) is 23.4. The van der Waals surface area contributed by atoms with E-state index in [-0.39, 0.29) is 17.5 Å². The molecule has 110 valence electrons. The minimum atomic E-state index is -0.971. The number of urea groups is 1. The Morgan fingerprint density at radius 1 is 1.42 bits per heavy atom. The van der Waals surface area contributed by atoms with Crippen molar-refractivity contribution in [1.29, 1.82) is 0 Å². The summed E-state index contributed by atoms with van der Waals surface area (Å²) in [6, 6.07) is -0.995. The van der Waals surface area contributed by atoms with Crippen molar-refractivity contribution in [1.82, 2.24) is 10.6 Å². The van der Waals surface area contributed by atoms with Crippen molar-refractivity contribution in [3.63, 3.8) is 0 Å². The molecule has 0 aromatic heterocycles. The quantitative estimate of drug-likeness (QED) is 0.718. The van der Waals surface area contributed by atoms with Crippen LogP contribution in [-0.4, -0.2) is 29.2 Å². The van der Waals surface area contributed by atoms with E-state index in [0.29, 0.717) is 6.42 Å². The van der Waals surface area contributed by atoms with E-state index < -0.39 is 12.0 Å². The van der Waals surface area contributed by atoms with Crippen molar-refractivity contribution in [2.45, 2.75) is 71.4 Å². The molecule has 1 saturated carbocycles. The van der Waals surface area contributed by atoms with Crippen LogP contribution in [0.25, 0.3) is 0 Å². The van der Waals surface area contributed by atoms with Gasteiger partial charge in [0.25, 0.3) is 0 Å². The third-order valence-electron chi connectivity index (χ3n) is 3.72. The maximum atomic E-state index is 11.8. The smallest absolute Gasteiger partial charge is 0.326 e. The molecule has 1 unspecified atom stereocenters. The zero-order valence-electron chi connectivity index (χ0n) is 12.2. The van der Waals surface area contributed by atoms with Gasteiger partial charge < -0.3 is 15.7 Å². The molecule has 0 spiro atoms. The average molecular weight is 270 g/mol. The largest absolute Gasteiger partial charge is 0.480 e. The van der Waals surface area contributed by atoms with Crippen LogP contribution < -0.4 is 10.6 Å². The third-order valence-corrected chi connectivity index (χ3v) is 3.72. The fourth-order valence-electron chi connectivity index (χ4n) is 2.75.